The van der Waals surface area contributed by atoms with E-state index in [4.69, 9.17) is 0 Å². The molecule has 0 saturated carbocycles. The number of hydrogen-bond acceptors (Lipinski definition) is 4. The van der Waals surface area contributed by atoms with E-state index in [0.717, 1.165) is 12.8 Å². The summed E-state index contributed by atoms with van der Waals surface area (Å²) in [6.07, 6.45) is 1.77. The number of methoxy groups -OCH3 is 1. The summed E-state index contributed by atoms with van der Waals surface area (Å²) in [5.41, 5.74) is 0. The van der Waals surface area contributed by atoms with Crippen LogP contribution in [0, 0.1) is 0 Å². The molecule has 0 aromatic heterocycles. The van der Waals surface area contributed by atoms with E-state index in [1.54, 1.807) is 0 Å². The van der Waals surface area contributed by atoms with Gasteiger partial charge in [0.1, 0.15) is 0 Å². The van der Waals surface area contributed by atoms with E-state index in [9.17, 15) is 9.46 Å². The molecule has 0 amide bonds. The molecule has 0 aromatic carbocycles. The summed E-state index contributed by atoms with van der Waals surface area (Å²) in [6.45, 7) is 2.77. The first-order valence-corrected chi connectivity index (χ1v) is 5.86. The molecular weight excluding hydrogens is 216 g/mol. The van der Waals surface area contributed by atoms with Crippen LogP contribution < -0.4 is 39.5 Å². The Labute approximate surface area is 107 Å². The largest absolute Gasteiger partial charge is 1.00 e. The molecule has 0 aliphatic carbocycles. The molecule has 0 bridgehead atoms. The van der Waals surface area contributed by atoms with Crippen LogP contribution in [0.5, 0.6) is 0 Å². The fourth-order valence-electron chi connectivity index (χ4n) is 0.679. The van der Waals surface area contributed by atoms with Gasteiger partial charge in [0.05, 0.1) is 13.2 Å². The molecule has 7 heteroatoms. The molecule has 0 saturated heterocycles. The standard InChI is InChI=1S/C7H18NO4P.Na/c1-3-4-5-8-13(9,10)12-7-6-11-2;/h3-7H2,1-2H3,(H2,8,9,10);/q;+1/p-1. The van der Waals surface area contributed by atoms with Gasteiger partial charge in [-0.15, -0.1) is 0 Å². The quantitative estimate of drug-likeness (QED) is 0.285. The minimum absolute atomic E-state index is 0. The Balaban J connectivity index is 0. The van der Waals surface area contributed by atoms with Gasteiger partial charge in [0.25, 0.3) is 0 Å². The number of hydrogen-bond donors (Lipinski definition) is 1. The van der Waals surface area contributed by atoms with Crippen molar-refractivity contribution >= 4 is 7.75 Å². The van der Waals surface area contributed by atoms with Crippen molar-refractivity contribution in [2.45, 2.75) is 19.8 Å². The molecule has 0 radical (unpaired) electrons. The summed E-state index contributed by atoms with van der Waals surface area (Å²) in [5.74, 6) is 0. The van der Waals surface area contributed by atoms with E-state index in [1.807, 2.05) is 6.92 Å². The second-order valence-corrected chi connectivity index (χ2v) is 4.15. The van der Waals surface area contributed by atoms with Gasteiger partial charge in [-0.05, 0) is 6.42 Å². The maximum absolute atomic E-state index is 11.0. The molecule has 0 aliphatic rings. The third-order valence-electron chi connectivity index (χ3n) is 1.38. The van der Waals surface area contributed by atoms with Gasteiger partial charge in [0.15, 0.2) is 0 Å². The Morgan fingerprint density at radius 2 is 2.07 bits per heavy atom. The Hall–Kier alpha value is 1.07. The van der Waals surface area contributed by atoms with E-state index in [0.29, 0.717) is 6.54 Å². The monoisotopic (exact) mass is 233 g/mol. The van der Waals surface area contributed by atoms with Gasteiger partial charge in [-0.25, -0.2) is 0 Å². The van der Waals surface area contributed by atoms with Gasteiger partial charge in [0.2, 0.25) is 7.75 Å². The molecule has 5 nitrogen and oxygen atoms in total. The van der Waals surface area contributed by atoms with Gasteiger partial charge in [-0.1, -0.05) is 13.3 Å². The molecule has 1 N–H and O–H groups in total. The van der Waals surface area contributed by atoms with Crippen LogP contribution in [0.3, 0.4) is 0 Å². The summed E-state index contributed by atoms with van der Waals surface area (Å²) in [7, 11) is -2.34. The van der Waals surface area contributed by atoms with Crippen molar-refractivity contribution in [3.8, 4) is 0 Å². The molecule has 0 heterocycles. The van der Waals surface area contributed by atoms with Gasteiger partial charge in [-0.3, -0.25) is 9.65 Å². The summed E-state index contributed by atoms with van der Waals surface area (Å²) in [5, 5.41) is 2.34. The van der Waals surface area contributed by atoms with Crippen LogP contribution in [0.25, 0.3) is 0 Å². The fraction of sp³-hybridized carbons (Fsp3) is 1.00. The van der Waals surface area contributed by atoms with Crippen LogP contribution in [0.15, 0.2) is 0 Å². The van der Waals surface area contributed by atoms with E-state index in [-0.39, 0.29) is 42.8 Å². The number of unbranched alkanes of at least 4 members (excludes halogenated alkanes) is 1. The van der Waals surface area contributed by atoms with Crippen molar-refractivity contribution in [2.24, 2.45) is 0 Å². The summed E-state index contributed by atoms with van der Waals surface area (Å²) in [4.78, 5) is 11.0. The molecule has 0 fully saturated rings. The van der Waals surface area contributed by atoms with Crippen molar-refractivity contribution in [1.82, 2.24) is 5.09 Å². The first-order valence-electron chi connectivity index (χ1n) is 4.32. The first kappa shape index (κ1) is 17.5. The third-order valence-corrected chi connectivity index (χ3v) is 2.52. The predicted molar refractivity (Wildman–Crippen MR) is 48.3 cm³/mol. The van der Waals surface area contributed by atoms with Crippen LogP contribution in [0.2, 0.25) is 0 Å². The number of ether oxygens (including phenoxy) is 1. The third kappa shape index (κ3) is 11.1. The minimum Gasteiger partial charge on any atom is -0.766 e. The van der Waals surface area contributed by atoms with Crippen molar-refractivity contribution in [2.75, 3.05) is 26.9 Å². The van der Waals surface area contributed by atoms with Crippen molar-refractivity contribution in [1.29, 1.82) is 0 Å². The summed E-state index contributed by atoms with van der Waals surface area (Å²) < 4.78 is 20.2. The molecular formula is C7H17NNaO4P. The van der Waals surface area contributed by atoms with E-state index >= 15 is 0 Å². The molecule has 0 aromatic rings. The van der Waals surface area contributed by atoms with Crippen LogP contribution in [0.4, 0.5) is 0 Å². The van der Waals surface area contributed by atoms with Crippen molar-refractivity contribution in [3.05, 3.63) is 0 Å². The molecule has 80 valence electrons. The Morgan fingerprint density at radius 3 is 2.57 bits per heavy atom. The molecule has 1 atom stereocenters. The zero-order valence-corrected chi connectivity index (χ0v) is 12.0. The normalized spacial score (nSPS) is 14.5. The SMILES string of the molecule is CCCCNP(=O)([O-])OCCOC.[Na+]. The average Bonchev–Trinajstić information content (AvgIpc) is 2.05. The molecule has 0 aliphatic heterocycles. The van der Waals surface area contributed by atoms with Gasteiger partial charge in [0, 0.05) is 13.7 Å². The van der Waals surface area contributed by atoms with E-state index in [1.165, 1.54) is 7.11 Å². The number of rotatable bonds is 8. The second-order valence-electron chi connectivity index (χ2n) is 2.59. The van der Waals surface area contributed by atoms with Crippen molar-refractivity contribution < 1.29 is 48.3 Å². The summed E-state index contributed by atoms with van der Waals surface area (Å²) in [6, 6.07) is 0. The zero-order chi connectivity index (χ0) is 10.2. The van der Waals surface area contributed by atoms with E-state index in [2.05, 4.69) is 14.3 Å². The van der Waals surface area contributed by atoms with Crippen LogP contribution >= 0.6 is 7.75 Å². The van der Waals surface area contributed by atoms with Crippen LogP contribution in [0.1, 0.15) is 19.8 Å². The van der Waals surface area contributed by atoms with Crippen molar-refractivity contribution in [3.63, 3.8) is 0 Å². The first-order chi connectivity index (χ1) is 6.12. The average molecular weight is 233 g/mol. The molecule has 0 spiro atoms. The minimum atomic E-state index is -3.83. The van der Waals surface area contributed by atoms with Gasteiger partial charge in [-0.2, -0.15) is 0 Å². The smallest absolute Gasteiger partial charge is 0.766 e. The predicted octanol–water partition coefficient (Wildman–Crippen LogP) is -2.49. The van der Waals surface area contributed by atoms with Crippen LogP contribution in [-0.4, -0.2) is 26.9 Å². The number of nitrogens with one attached hydrogen (secondary N) is 1. The van der Waals surface area contributed by atoms with E-state index < -0.39 is 7.75 Å². The second kappa shape index (κ2) is 10.6. The van der Waals surface area contributed by atoms with Gasteiger partial charge >= 0.3 is 29.6 Å². The van der Waals surface area contributed by atoms with Crippen LogP contribution in [-0.2, 0) is 13.8 Å². The van der Waals surface area contributed by atoms with Gasteiger partial charge < -0.3 is 14.2 Å². The molecule has 1 unspecified atom stereocenters. The Kier molecular flexibility index (Phi) is 13.2. The molecule has 0 rings (SSSR count). The fourth-order valence-corrected chi connectivity index (χ4v) is 1.52. The molecule has 14 heavy (non-hydrogen) atoms. The summed E-state index contributed by atoms with van der Waals surface area (Å²) >= 11 is 0. The Bertz CT molecular complexity index is 156. The topological polar surface area (TPSA) is 70.6 Å². The Morgan fingerprint density at radius 1 is 1.43 bits per heavy atom. The zero-order valence-electron chi connectivity index (χ0n) is 9.12. The maximum atomic E-state index is 11.0. The maximum Gasteiger partial charge on any atom is 1.00 e.